The summed E-state index contributed by atoms with van der Waals surface area (Å²) in [6, 6.07) is 0.0281. The van der Waals surface area contributed by atoms with Gasteiger partial charge in [-0.05, 0) is 18.8 Å². The SMILES string of the molecule is CC(C)C(N)CNC(=O)[C@H]1CCCO1. The molecule has 4 nitrogen and oxygen atoms in total. The first-order chi connectivity index (χ1) is 6.61. The van der Waals surface area contributed by atoms with Crippen molar-refractivity contribution in [3.05, 3.63) is 0 Å². The summed E-state index contributed by atoms with van der Waals surface area (Å²) in [6.45, 7) is 5.33. The largest absolute Gasteiger partial charge is 0.368 e. The topological polar surface area (TPSA) is 64.3 Å². The Morgan fingerprint density at radius 1 is 1.64 bits per heavy atom. The third kappa shape index (κ3) is 3.27. The van der Waals surface area contributed by atoms with Crippen molar-refractivity contribution in [3.8, 4) is 0 Å². The highest BCUT2D eigenvalue weighted by Crippen LogP contribution is 2.11. The second-order valence-electron chi connectivity index (χ2n) is 4.15. The Kier molecular flexibility index (Phi) is 4.35. The average Bonchev–Trinajstić information content (AvgIpc) is 2.66. The third-order valence-corrected chi connectivity index (χ3v) is 2.59. The fourth-order valence-corrected chi connectivity index (χ4v) is 1.35. The molecule has 14 heavy (non-hydrogen) atoms. The average molecular weight is 200 g/mol. The summed E-state index contributed by atoms with van der Waals surface area (Å²) in [4.78, 5) is 11.5. The van der Waals surface area contributed by atoms with Gasteiger partial charge in [0, 0.05) is 19.2 Å². The smallest absolute Gasteiger partial charge is 0.249 e. The predicted octanol–water partition coefficient (Wildman–Crippen LogP) is 0.265. The van der Waals surface area contributed by atoms with Crippen LogP contribution in [0.15, 0.2) is 0 Å². The molecule has 0 aromatic rings. The number of nitrogens with one attached hydrogen (secondary N) is 1. The quantitative estimate of drug-likeness (QED) is 0.684. The Labute approximate surface area is 85.2 Å². The Balaban J connectivity index is 2.20. The highest BCUT2D eigenvalue weighted by molar-refractivity contribution is 5.80. The molecule has 2 atom stereocenters. The number of nitrogens with two attached hydrogens (primary N) is 1. The van der Waals surface area contributed by atoms with Crippen molar-refractivity contribution < 1.29 is 9.53 Å². The molecule has 0 saturated carbocycles. The molecular formula is C10H20N2O2. The third-order valence-electron chi connectivity index (χ3n) is 2.59. The van der Waals surface area contributed by atoms with Crippen LogP contribution in [-0.4, -0.2) is 31.2 Å². The minimum atomic E-state index is -0.241. The molecule has 0 bridgehead atoms. The van der Waals surface area contributed by atoms with Gasteiger partial charge in [-0.2, -0.15) is 0 Å². The Morgan fingerprint density at radius 2 is 2.36 bits per heavy atom. The predicted molar refractivity (Wildman–Crippen MR) is 54.8 cm³/mol. The molecule has 1 fully saturated rings. The second-order valence-corrected chi connectivity index (χ2v) is 4.15. The van der Waals surface area contributed by atoms with Gasteiger partial charge in [0.05, 0.1) is 0 Å². The van der Waals surface area contributed by atoms with Crippen LogP contribution < -0.4 is 11.1 Å². The summed E-state index contributed by atoms with van der Waals surface area (Å²) in [5.41, 5.74) is 5.81. The summed E-state index contributed by atoms with van der Waals surface area (Å²) in [7, 11) is 0. The van der Waals surface area contributed by atoms with Gasteiger partial charge in [0.1, 0.15) is 6.10 Å². The minimum absolute atomic E-state index is 0.0152. The number of hydrogen-bond donors (Lipinski definition) is 2. The molecule has 0 spiro atoms. The molecule has 82 valence electrons. The van der Waals surface area contributed by atoms with Gasteiger partial charge >= 0.3 is 0 Å². The van der Waals surface area contributed by atoms with Crippen molar-refractivity contribution in [1.29, 1.82) is 0 Å². The normalized spacial score (nSPS) is 23.9. The van der Waals surface area contributed by atoms with Gasteiger partial charge in [-0.25, -0.2) is 0 Å². The first-order valence-electron chi connectivity index (χ1n) is 5.26. The lowest BCUT2D eigenvalue weighted by Gasteiger charge is -2.17. The van der Waals surface area contributed by atoms with E-state index in [1.165, 1.54) is 0 Å². The van der Waals surface area contributed by atoms with E-state index in [1.54, 1.807) is 0 Å². The molecule has 1 rings (SSSR count). The van der Waals surface area contributed by atoms with Gasteiger partial charge in [-0.15, -0.1) is 0 Å². The van der Waals surface area contributed by atoms with Crippen LogP contribution in [0.3, 0.4) is 0 Å². The Bertz CT molecular complexity index is 189. The van der Waals surface area contributed by atoms with Crippen molar-refractivity contribution >= 4 is 5.91 Å². The maximum absolute atomic E-state index is 11.5. The lowest BCUT2D eigenvalue weighted by atomic mass is 10.1. The van der Waals surface area contributed by atoms with Crippen molar-refractivity contribution in [1.82, 2.24) is 5.32 Å². The van der Waals surface area contributed by atoms with E-state index in [4.69, 9.17) is 10.5 Å². The van der Waals surface area contributed by atoms with E-state index in [1.807, 2.05) is 13.8 Å². The number of carbonyl (C=O) groups is 1. The molecule has 0 aromatic carbocycles. The van der Waals surface area contributed by atoms with Gasteiger partial charge < -0.3 is 15.8 Å². The summed E-state index contributed by atoms with van der Waals surface area (Å²) in [5.74, 6) is 0.374. The highest BCUT2D eigenvalue weighted by atomic mass is 16.5. The lowest BCUT2D eigenvalue weighted by Crippen LogP contribution is -2.43. The van der Waals surface area contributed by atoms with Crippen LogP contribution in [0.2, 0.25) is 0 Å². The van der Waals surface area contributed by atoms with Crippen LogP contribution in [0.4, 0.5) is 0 Å². The maximum Gasteiger partial charge on any atom is 0.249 e. The maximum atomic E-state index is 11.5. The molecular weight excluding hydrogens is 180 g/mol. The molecule has 3 N–H and O–H groups in total. The number of carbonyl (C=O) groups excluding carboxylic acids is 1. The first kappa shape index (κ1) is 11.5. The van der Waals surface area contributed by atoms with Crippen molar-refractivity contribution in [2.24, 2.45) is 11.7 Å². The van der Waals surface area contributed by atoms with Gasteiger partial charge in [-0.3, -0.25) is 4.79 Å². The van der Waals surface area contributed by atoms with E-state index in [9.17, 15) is 4.79 Å². The first-order valence-corrected chi connectivity index (χ1v) is 5.26. The molecule has 1 heterocycles. The van der Waals surface area contributed by atoms with Crippen LogP contribution in [-0.2, 0) is 9.53 Å². The van der Waals surface area contributed by atoms with Crippen molar-refractivity contribution in [3.63, 3.8) is 0 Å². The number of ether oxygens (including phenoxy) is 1. The summed E-state index contributed by atoms with van der Waals surface area (Å²) in [6.07, 6.45) is 1.58. The zero-order valence-corrected chi connectivity index (χ0v) is 8.95. The van der Waals surface area contributed by atoms with E-state index in [0.29, 0.717) is 19.1 Å². The molecule has 1 amide bonds. The van der Waals surface area contributed by atoms with Crippen LogP contribution in [0.5, 0.6) is 0 Å². The second kappa shape index (κ2) is 5.32. The van der Waals surface area contributed by atoms with E-state index < -0.39 is 0 Å². The van der Waals surface area contributed by atoms with Crippen LogP contribution in [0.25, 0.3) is 0 Å². The number of amides is 1. The standard InChI is InChI=1S/C10H20N2O2/c1-7(2)8(11)6-12-10(13)9-4-3-5-14-9/h7-9H,3-6,11H2,1-2H3,(H,12,13)/t8?,9-/m1/s1. The number of hydrogen-bond acceptors (Lipinski definition) is 3. The lowest BCUT2D eigenvalue weighted by molar-refractivity contribution is -0.130. The zero-order valence-electron chi connectivity index (χ0n) is 8.95. The van der Waals surface area contributed by atoms with E-state index in [-0.39, 0.29) is 18.1 Å². The molecule has 4 heteroatoms. The fourth-order valence-electron chi connectivity index (χ4n) is 1.35. The Hall–Kier alpha value is -0.610. The molecule has 1 saturated heterocycles. The highest BCUT2D eigenvalue weighted by Gasteiger charge is 2.23. The molecule has 0 aromatic heterocycles. The molecule has 0 aliphatic carbocycles. The van der Waals surface area contributed by atoms with Gasteiger partial charge in [-0.1, -0.05) is 13.8 Å². The number of rotatable bonds is 4. The summed E-state index contributed by atoms with van der Waals surface area (Å²) < 4.78 is 5.25. The molecule has 0 radical (unpaired) electrons. The van der Waals surface area contributed by atoms with E-state index >= 15 is 0 Å². The van der Waals surface area contributed by atoms with Gasteiger partial charge in [0.15, 0.2) is 0 Å². The van der Waals surface area contributed by atoms with E-state index in [2.05, 4.69) is 5.32 Å². The van der Waals surface area contributed by atoms with Gasteiger partial charge in [0.2, 0.25) is 5.91 Å². The minimum Gasteiger partial charge on any atom is -0.368 e. The molecule has 1 aliphatic rings. The van der Waals surface area contributed by atoms with E-state index in [0.717, 1.165) is 12.8 Å². The van der Waals surface area contributed by atoms with Gasteiger partial charge in [0.25, 0.3) is 0 Å². The fraction of sp³-hybridized carbons (Fsp3) is 0.900. The summed E-state index contributed by atoms with van der Waals surface area (Å²) >= 11 is 0. The summed E-state index contributed by atoms with van der Waals surface area (Å²) in [5, 5.41) is 2.82. The van der Waals surface area contributed by atoms with Crippen LogP contribution >= 0.6 is 0 Å². The van der Waals surface area contributed by atoms with Crippen LogP contribution in [0.1, 0.15) is 26.7 Å². The molecule has 1 unspecified atom stereocenters. The van der Waals surface area contributed by atoms with Crippen molar-refractivity contribution in [2.45, 2.75) is 38.8 Å². The zero-order chi connectivity index (χ0) is 10.6. The monoisotopic (exact) mass is 200 g/mol. The Morgan fingerprint density at radius 3 is 2.86 bits per heavy atom. The molecule has 1 aliphatic heterocycles. The van der Waals surface area contributed by atoms with Crippen molar-refractivity contribution in [2.75, 3.05) is 13.2 Å². The van der Waals surface area contributed by atoms with Crippen LogP contribution in [0, 0.1) is 5.92 Å².